The van der Waals surface area contributed by atoms with Crippen LogP contribution in [0.15, 0.2) is 83.8 Å². The first-order valence-electron chi connectivity index (χ1n) is 13.3. The van der Waals surface area contributed by atoms with Crippen molar-refractivity contribution in [1.82, 2.24) is 10.2 Å². The number of benzene rings is 3. The van der Waals surface area contributed by atoms with Crippen molar-refractivity contribution in [3.05, 3.63) is 95.3 Å². The first-order valence-corrected chi connectivity index (χ1v) is 15.1. The van der Waals surface area contributed by atoms with Crippen LogP contribution < -0.4 is 9.62 Å². The minimum absolute atomic E-state index is 0.0360. The lowest BCUT2D eigenvalue weighted by Crippen LogP contribution is -2.53. The van der Waals surface area contributed by atoms with E-state index >= 15 is 0 Å². The third-order valence-electron chi connectivity index (χ3n) is 7.15. The highest BCUT2D eigenvalue weighted by molar-refractivity contribution is 7.92. The Hall–Kier alpha value is -3.43. The van der Waals surface area contributed by atoms with Crippen molar-refractivity contribution in [2.45, 2.75) is 56.0 Å². The van der Waals surface area contributed by atoms with Crippen LogP contribution >= 0.6 is 11.6 Å². The summed E-state index contributed by atoms with van der Waals surface area (Å²) in [5, 5.41) is 2.77. The van der Waals surface area contributed by atoms with Gasteiger partial charge in [-0.2, -0.15) is 0 Å². The minimum atomic E-state index is -4.24. The average molecular weight is 586 g/mol. The van der Waals surface area contributed by atoms with Crippen molar-refractivity contribution >= 4 is 39.1 Å². The topological polar surface area (TPSA) is 86.8 Å². The second kappa shape index (κ2) is 13.3. The molecule has 0 saturated heterocycles. The van der Waals surface area contributed by atoms with E-state index in [9.17, 15) is 22.4 Å². The fourth-order valence-electron chi connectivity index (χ4n) is 4.85. The second-order valence-corrected chi connectivity index (χ2v) is 12.2. The zero-order valence-electron chi connectivity index (χ0n) is 22.3. The van der Waals surface area contributed by atoms with Gasteiger partial charge >= 0.3 is 0 Å². The van der Waals surface area contributed by atoms with Crippen LogP contribution in [0.5, 0.6) is 0 Å². The number of rotatable bonds is 11. The Morgan fingerprint density at radius 2 is 1.62 bits per heavy atom. The molecule has 0 bridgehead atoms. The lowest BCUT2D eigenvalue weighted by Gasteiger charge is -2.32. The summed E-state index contributed by atoms with van der Waals surface area (Å²) < 4.78 is 42.4. The number of hydrogen-bond donors (Lipinski definition) is 1. The molecule has 212 valence electrons. The summed E-state index contributed by atoms with van der Waals surface area (Å²) in [6.07, 6.45) is 4.35. The van der Waals surface area contributed by atoms with Crippen LogP contribution in [0.25, 0.3) is 0 Å². The van der Waals surface area contributed by atoms with Gasteiger partial charge in [-0.1, -0.05) is 73.0 Å². The highest BCUT2D eigenvalue weighted by Gasteiger charge is 2.33. The third kappa shape index (κ3) is 7.20. The van der Waals surface area contributed by atoms with Crippen LogP contribution in [0.3, 0.4) is 0 Å². The molecule has 10 heteroatoms. The van der Waals surface area contributed by atoms with E-state index in [0.717, 1.165) is 41.6 Å². The molecule has 1 atom stereocenters. The number of carbonyl (C=O) groups excluding carboxylic acids is 2. The van der Waals surface area contributed by atoms with E-state index in [1.807, 2.05) is 30.3 Å². The number of nitrogens with zero attached hydrogens (tertiary/aromatic N) is 2. The quantitative estimate of drug-likeness (QED) is 0.335. The van der Waals surface area contributed by atoms with E-state index in [0.29, 0.717) is 6.42 Å². The molecule has 1 aliphatic carbocycles. The number of halogens is 2. The van der Waals surface area contributed by atoms with Crippen molar-refractivity contribution < 1.29 is 22.4 Å². The first kappa shape index (κ1) is 29.6. The van der Waals surface area contributed by atoms with E-state index in [2.05, 4.69) is 5.32 Å². The molecule has 0 aromatic heterocycles. The smallest absolute Gasteiger partial charge is 0.264 e. The van der Waals surface area contributed by atoms with Gasteiger partial charge in [-0.25, -0.2) is 12.8 Å². The van der Waals surface area contributed by atoms with E-state index in [1.54, 1.807) is 25.1 Å². The molecule has 40 heavy (non-hydrogen) atoms. The molecule has 1 fully saturated rings. The molecule has 7 nitrogen and oxygen atoms in total. The van der Waals surface area contributed by atoms with E-state index in [4.69, 9.17) is 11.6 Å². The number of nitrogens with one attached hydrogen (secondary N) is 1. The molecule has 3 aromatic carbocycles. The maximum absolute atomic E-state index is 14.0. The third-order valence-corrected chi connectivity index (χ3v) is 9.23. The molecule has 1 saturated carbocycles. The molecule has 1 aliphatic rings. The second-order valence-electron chi connectivity index (χ2n) is 9.91. The molecular weight excluding hydrogens is 553 g/mol. The van der Waals surface area contributed by atoms with Crippen LogP contribution in [-0.4, -0.2) is 50.3 Å². The van der Waals surface area contributed by atoms with E-state index in [-0.39, 0.29) is 34.1 Å². The zero-order chi connectivity index (χ0) is 28.7. The predicted molar refractivity (Wildman–Crippen MR) is 154 cm³/mol. The summed E-state index contributed by atoms with van der Waals surface area (Å²) in [5.74, 6) is -1.56. The highest BCUT2D eigenvalue weighted by atomic mass is 35.5. The Bertz CT molecular complexity index is 1420. The van der Waals surface area contributed by atoms with Gasteiger partial charge in [0.2, 0.25) is 11.8 Å². The molecule has 0 heterocycles. The van der Waals surface area contributed by atoms with Gasteiger partial charge in [0, 0.05) is 12.6 Å². The fourth-order valence-corrected chi connectivity index (χ4v) is 6.45. The number of hydrogen-bond acceptors (Lipinski definition) is 4. The largest absolute Gasteiger partial charge is 0.352 e. The maximum Gasteiger partial charge on any atom is 0.264 e. The maximum atomic E-state index is 14.0. The van der Waals surface area contributed by atoms with Crippen LogP contribution in [0.4, 0.5) is 10.1 Å². The van der Waals surface area contributed by atoms with Gasteiger partial charge in [-0.3, -0.25) is 13.9 Å². The summed E-state index contributed by atoms with van der Waals surface area (Å²) in [5.41, 5.74) is 1.01. The Labute approximate surface area is 240 Å². The fraction of sp³-hybridized carbons (Fsp3) is 0.333. The van der Waals surface area contributed by atoms with Crippen LogP contribution in [-0.2, 0) is 26.0 Å². The molecule has 0 spiro atoms. The average Bonchev–Trinajstić information content (AvgIpc) is 3.47. The Morgan fingerprint density at radius 1 is 1.00 bits per heavy atom. The van der Waals surface area contributed by atoms with Crippen molar-refractivity contribution in [3.8, 4) is 0 Å². The standard InChI is InChI=1S/C30H33ClFN3O4S/c1-22(30(37)33-24-12-8-9-13-24)34(19-18-23-10-4-2-5-11-23)29(36)21-35(25-16-17-28(32)27(31)20-25)40(38,39)26-14-6-3-7-15-26/h2-7,10-11,14-17,20,22,24H,8-9,12-13,18-19,21H2,1H3,(H,33,37). The van der Waals surface area contributed by atoms with Crippen LogP contribution in [0.1, 0.15) is 38.2 Å². The molecule has 4 rings (SSSR count). The number of sulfonamides is 1. The SMILES string of the molecule is CC(C(=O)NC1CCCC1)N(CCc1ccccc1)C(=O)CN(c1ccc(F)c(Cl)c1)S(=O)(=O)c1ccccc1. The first-order chi connectivity index (χ1) is 19.2. The Morgan fingerprint density at radius 3 is 2.25 bits per heavy atom. The van der Waals surface area contributed by atoms with Gasteiger partial charge in [-0.05, 0) is 62.1 Å². The zero-order valence-corrected chi connectivity index (χ0v) is 23.9. The van der Waals surface area contributed by atoms with Gasteiger partial charge < -0.3 is 10.2 Å². The molecule has 0 aliphatic heterocycles. The van der Waals surface area contributed by atoms with E-state index in [1.165, 1.54) is 29.2 Å². The van der Waals surface area contributed by atoms with Gasteiger partial charge in [0.1, 0.15) is 18.4 Å². The summed E-state index contributed by atoms with van der Waals surface area (Å²) in [6, 6.07) is 19.9. The van der Waals surface area contributed by atoms with Crippen LogP contribution in [0.2, 0.25) is 5.02 Å². The molecule has 3 aromatic rings. The summed E-state index contributed by atoms with van der Waals surface area (Å²) in [4.78, 5) is 28.5. The lowest BCUT2D eigenvalue weighted by molar-refractivity contribution is -0.139. The van der Waals surface area contributed by atoms with Crippen molar-refractivity contribution in [1.29, 1.82) is 0 Å². The lowest BCUT2D eigenvalue weighted by atomic mass is 10.1. The molecule has 0 radical (unpaired) electrons. The highest BCUT2D eigenvalue weighted by Crippen LogP contribution is 2.28. The minimum Gasteiger partial charge on any atom is -0.352 e. The summed E-state index contributed by atoms with van der Waals surface area (Å²) in [7, 11) is -4.24. The number of anilines is 1. The number of carbonyl (C=O) groups is 2. The predicted octanol–water partition coefficient (Wildman–Crippen LogP) is 5.19. The van der Waals surface area contributed by atoms with Crippen LogP contribution in [0, 0.1) is 5.82 Å². The monoisotopic (exact) mass is 585 g/mol. The molecular formula is C30H33ClFN3O4S. The van der Waals surface area contributed by atoms with Gasteiger partial charge in [-0.15, -0.1) is 0 Å². The summed E-state index contributed by atoms with van der Waals surface area (Å²) >= 11 is 6.00. The van der Waals surface area contributed by atoms with E-state index < -0.39 is 34.3 Å². The molecule has 2 amide bonds. The normalized spacial score (nSPS) is 14.5. The van der Waals surface area contributed by atoms with Crippen molar-refractivity contribution in [2.75, 3.05) is 17.4 Å². The van der Waals surface area contributed by atoms with Gasteiger partial charge in [0.25, 0.3) is 10.0 Å². The molecule has 1 N–H and O–H groups in total. The van der Waals surface area contributed by atoms with Gasteiger partial charge in [0.05, 0.1) is 15.6 Å². The number of amides is 2. The summed E-state index contributed by atoms with van der Waals surface area (Å²) in [6.45, 7) is 1.25. The van der Waals surface area contributed by atoms with Gasteiger partial charge in [0.15, 0.2) is 0 Å². The molecule has 1 unspecified atom stereocenters. The van der Waals surface area contributed by atoms with Crippen molar-refractivity contribution in [3.63, 3.8) is 0 Å². The Balaban J connectivity index is 1.65. The van der Waals surface area contributed by atoms with Crippen molar-refractivity contribution in [2.24, 2.45) is 0 Å². The Kier molecular flexibility index (Phi) is 9.81.